The van der Waals surface area contributed by atoms with Crippen LogP contribution in [-0.2, 0) is 11.2 Å². The van der Waals surface area contributed by atoms with Crippen LogP contribution in [0.3, 0.4) is 0 Å². The zero-order chi connectivity index (χ0) is 17.8. The summed E-state index contributed by atoms with van der Waals surface area (Å²) < 4.78 is 5.14. The fourth-order valence-electron chi connectivity index (χ4n) is 2.23. The summed E-state index contributed by atoms with van der Waals surface area (Å²) in [5.41, 5.74) is 2.04. The molecule has 4 nitrogen and oxygen atoms in total. The summed E-state index contributed by atoms with van der Waals surface area (Å²) in [7, 11) is 1.56. The number of nitrogens with zero attached hydrogens (tertiary/aromatic N) is 1. The number of hydrogen-bond donors (Lipinski definition) is 1. The van der Waals surface area contributed by atoms with Crippen LogP contribution in [0.2, 0.25) is 10.0 Å². The van der Waals surface area contributed by atoms with Crippen LogP contribution in [0.5, 0.6) is 5.75 Å². The van der Waals surface area contributed by atoms with Crippen LogP contribution in [0.25, 0.3) is 10.6 Å². The molecule has 0 aliphatic rings. The maximum Gasteiger partial charge on any atom is 0.230 e. The van der Waals surface area contributed by atoms with Crippen LogP contribution in [0.15, 0.2) is 47.8 Å². The summed E-state index contributed by atoms with van der Waals surface area (Å²) in [6.45, 7) is 0. The molecule has 128 valence electrons. The van der Waals surface area contributed by atoms with E-state index in [1.165, 1.54) is 11.3 Å². The van der Waals surface area contributed by atoms with Gasteiger partial charge in [0.15, 0.2) is 0 Å². The molecule has 0 fully saturated rings. The number of amides is 1. The minimum Gasteiger partial charge on any atom is -0.497 e. The van der Waals surface area contributed by atoms with Crippen LogP contribution in [0, 0.1) is 0 Å². The molecule has 0 unspecified atom stereocenters. The van der Waals surface area contributed by atoms with E-state index in [1.807, 2.05) is 29.6 Å². The maximum absolute atomic E-state index is 12.3. The Balaban J connectivity index is 1.71. The van der Waals surface area contributed by atoms with Crippen LogP contribution in [0.4, 0.5) is 5.69 Å². The molecule has 3 rings (SSSR count). The summed E-state index contributed by atoms with van der Waals surface area (Å²) in [4.78, 5) is 16.8. The molecule has 1 amide bonds. The van der Waals surface area contributed by atoms with E-state index in [0.29, 0.717) is 27.2 Å². The van der Waals surface area contributed by atoms with Crippen molar-refractivity contribution in [2.75, 3.05) is 12.4 Å². The number of carbonyl (C=O) groups excluding carboxylic acids is 1. The SMILES string of the molecule is COc1ccc(Cl)c(NC(=O)Cc2csc(-c3ccccc3Cl)n2)c1. The van der Waals surface area contributed by atoms with E-state index in [1.54, 1.807) is 25.3 Å². The van der Waals surface area contributed by atoms with Gasteiger partial charge in [0.2, 0.25) is 5.91 Å². The minimum absolute atomic E-state index is 0.147. The molecule has 3 aromatic rings. The number of methoxy groups -OCH3 is 1. The van der Waals surface area contributed by atoms with Crippen molar-refractivity contribution in [3.05, 3.63) is 63.6 Å². The van der Waals surface area contributed by atoms with E-state index < -0.39 is 0 Å². The molecule has 0 aliphatic heterocycles. The van der Waals surface area contributed by atoms with Gasteiger partial charge in [-0.3, -0.25) is 4.79 Å². The molecule has 0 atom stereocenters. The van der Waals surface area contributed by atoms with Gasteiger partial charge in [-0.1, -0.05) is 41.4 Å². The van der Waals surface area contributed by atoms with Crippen molar-refractivity contribution in [3.63, 3.8) is 0 Å². The first kappa shape index (κ1) is 17.7. The first-order chi connectivity index (χ1) is 12.1. The summed E-state index contributed by atoms with van der Waals surface area (Å²) in [6.07, 6.45) is 0.147. The number of hydrogen-bond acceptors (Lipinski definition) is 4. The zero-order valence-corrected chi connectivity index (χ0v) is 15.6. The van der Waals surface area contributed by atoms with Gasteiger partial charge in [0.1, 0.15) is 10.8 Å². The number of benzene rings is 2. The van der Waals surface area contributed by atoms with Crippen LogP contribution in [-0.4, -0.2) is 18.0 Å². The highest BCUT2D eigenvalue weighted by molar-refractivity contribution is 7.13. The molecule has 0 bridgehead atoms. The average Bonchev–Trinajstić information content (AvgIpc) is 3.05. The Morgan fingerprint density at radius 2 is 2.00 bits per heavy atom. The fourth-order valence-corrected chi connectivity index (χ4v) is 3.54. The lowest BCUT2D eigenvalue weighted by atomic mass is 10.2. The lowest BCUT2D eigenvalue weighted by Crippen LogP contribution is -2.15. The van der Waals surface area contributed by atoms with Gasteiger partial charge in [-0.15, -0.1) is 11.3 Å². The molecule has 0 radical (unpaired) electrons. The highest BCUT2D eigenvalue weighted by Gasteiger charge is 2.12. The predicted octanol–water partition coefficient (Wildman–Crippen LogP) is 5.31. The van der Waals surface area contributed by atoms with Gasteiger partial charge in [-0.05, 0) is 18.2 Å². The van der Waals surface area contributed by atoms with Crippen molar-refractivity contribution in [1.82, 2.24) is 4.98 Å². The third kappa shape index (κ3) is 4.31. The quantitative estimate of drug-likeness (QED) is 0.640. The second-order valence-electron chi connectivity index (χ2n) is 5.19. The van der Waals surface area contributed by atoms with Crippen LogP contribution in [0.1, 0.15) is 5.69 Å². The largest absolute Gasteiger partial charge is 0.497 e. The third-order valence-corrected chi connectivity index (χ3v) is 5.03. The summed E-state index contributed by atoms with van der Waals surface area (Å²) in [5.74, 6) is 0.417. The molecule has 2 aromatic carbocycles. The van der Waals surface area contributed by atoms with Crippen molar-refractivity contribution in [3.8, 4) is 16.3 Å². The molecule has 0 saturated heterocycles. The number of carbonyl (C=O) groups is 1. The van der Waals surface area contributed by atoms with Gasteiger partial charge in [0, 0.05) is 17.0 Å². The van der Waals surface area contributed by atoms with Gasteiger partial charge in [0.05, 0.1) is 35.0 Å². The van der Waals surface area contributed by atoms with Gasteiger partial charge >= 0.3 is 0 Å². The molecular weight excluding hydrogens is 379 g/mol. The number of halogens is 2. The summed E-state index contributed by atoms with van der Waals surface area (Å²) in [6, 6.07) is 12.6. The zero-order valence-electron chi connectivity index (χ0n) is 13.3. The minimum atomic E-state index is -0.203. The summed E-state index contributed by atoms with van der Waals surface area (Å²) in [5, 5.41) is 6.50. The normalized spacial score (nSPS) is 10.5. The van der Waals surface area contributed by atoms with E-state index in [-0.39, 0.29) is 12.3 Å². The van der Waals surface area contributed by atoms with Crippen molar-refractivity contribution in [1.29, 1.82) is 0 Å². The Hall–Kier alpha value is -2.08. The Labute approximate surface area is 159 Å². The Morgan fingerprint density at radius 1 is 1.20 bits per heavy atom. The molecule has 25 heavy (non-hydrogen) atoms. The molecular formula is C18H14Cl2N2O2S. The lowest BCUT2D eigenvalue weighted by Gasteiger charge is -2.08. The van der Waals surface area contributed by atoms with Crippen LogP contribution >= 0.6 is 34.5 Å². The molecule has 1 heterocycles. The second-order valence-corrected chi connectivity index (χ2v) is 6.87. The van der Waals surface area contributed by atoms with E-state index in [4.69, 9.17) is 27.9 Å². The van der Waals surface area contributed by atoms with Crippen LogP contribution < -0.4 is 10.1 Å². The van der Waals surface area contributed by atoms with Crippen molar-refractivity contribution >= 4 is 46.1 Å². The molecule has 0 saturated carbocycles. The second kappa shape index (κ2) is 7.87. The number of aromatic nitrogens is 1. The third-order valence-electron chi connectivity index (χ3n) is 3.45. The Kier molecular flexibility index (Phi) is 5.58. The molecule has 0 aliphatic carbocycles. The van der Waals surface area contributed by atoms with E-state index in [2.05, 4.69) is 10.3 Å². The fraction of sp³-hybridized carbons (Fsp3) is 0.111. The van der Waals surface area contributed by atoms with E-state index in [0.717, 1.165) is 10.6 Å². The number of thiazole rings is 1. The number of rotatable bonds is 5. The predicted molar refractivity (Wildman–Crippen MR) is 103 cm³/mol. The van der Waals surface area contributed by atoms with Gasteiger partial charge in [0.25, 0.3) is 0 Å². The van der Waals surface area contributed by atoms with Crippen molar-refractivity contribution in [2.24, 2.45) is 0 Å². The highest BCUT2D eigenvalue weighted by Crippen LogP contribution is 2.30. The average molecular weight is 393 g/mol. The smallest absolute Gasteiger partial charge is 0.230 e. The topological polar surface area (TPSA) is 51.2 Å². The molecule has 0 spiro atoms. The number of anilines is 1. The van der Waals surface area contributed by atoms with E-state index >= 15 is 0 Å². The van der Waals surface area contributed by atoms with Gasteiger partial charge in [-0.2, -0.15) is 0 Å². The van der Waals surface area contributed by atoms with Gasteiger partial charge in [-0.25, -0.2) is 4.98 Å². The van der Waals surface area contributed by atoms with Gasteiger partial charge < -0.3 is 10.1 Å². The molecule has 1 aromatic heterocycles. The monoisotopic (exact) mass is 392 g/mol. The first-order valence-corrected chi connectivity index (χ1v) is 9.03. The molecule has 1 N–H and O–H groups in total. The number of ether oxygens (including phenoxy) is 1. The van der Waals surface area contributed by atoms with E-state index in [9.17, 15) is 4.79 Å². The lowest BCUT2D eigenvalue weighted by molar-refractivity contribution is -0.115. The first-order valence-electron chi connectivity index (χ1n) is 7.39. The Morgan fingerprint density at radius 3 is 2.76 bits per heavy atom. The highest BCUT2D eigenvalue weighted by atomic mass is 35.5. The maximum atomic E-state index is 12.3. The Bertz CT molecular complexity index is 912. The molecule has 7 heteroatoms. The van der Waals surface area contributed by atoms with Crippen molar-refractivity contribution in [2.45, 2.75) is 6.42 Å². The van der Waals surface area contributed by atoms with Crippen molar-refractivity contribution < 1.29 is 9.53 Å². The standard InChI is InChI=1S/C18H14Cl2N2O2S/c1-24-12-6-7-15(20)16(9-12)22-17(23)8-11-10-25-18(21-11)13-4-2-3-5-14(13)19/h2-7,9-10H,8H2,1H3,(H,22,23). The number of nitrogens with one attached hydrogen (secondary N) is 1. The summed E-state index contributed by atoms with van der Waals surface area (Å²) >= 11 is 13.7.